The van der Waals surface area contributed by atoms with Gasteiger partial charge < -0.3 is 10.2 Å². The number of nitrogens with one attached hydrogen (secondary N) is 1. The van der Waals surface area contributed by atoms with Gasteiger partial charge in [-0.3, -0.25) is 0 Å². The van der Waals surface area contributed by atoms with Crippen molar-refractivity contribution in [2.24, 2.45) is 11.8 Å². The predicted molar refractivity (Wildman–Crippen MR) is 67.1 cm³/mol. The molecule has 1 saturated heterocycles. The normalized spacial score (nSPS) is 25.8. The monoisotopic (exact) mass is 212 g/mol. The van der Waals surface area contributed by atoms with Crippen molar-refractivity contribution in [1.82, 2.24) is 10.2 Å². The molecule has 1 heterocycles. The molecule has 15 heavy (non-hydrogen) atoms. The molecule has 2 heteroatoms. The Labute approximate surface area is 95.4 Å². The van der Waals surface area contributed by atoms with Gasteiger partial charge in [0.25, 0.3) is 0 Å². The summed E-state index contributed by atoms with van der Waals surface area (Å²) >= 11 is 0. The predicted octanol–water partition coefficient (Wildman–Crippen LogP) is 2.35. The SMILES string of the molecule is CC1CCN(CC(C)CNC(C)(C)C)C1. The molecule has 0 spiro atoms. The summed E-state index contributed by atoms with van der Waals surface area (Å²) in [5, 5.41) is 3.58. The molecule has 0 aliphatic carbocycles. The molecule has 1 rings (SSSR count). The van der Waals surface area contributed by atoms with E-state index < -0.39 is 0 Å². The summed E-state index contributed by atoms with van der Waals surface area (Å²) in [7, 11) is 0. The highest BCUT2D eigenvalue weighted by molar-refractivity contribution is 4.77. The molecular formula is C13H28N2. The molecule has 0 amide bonds. The van der Waals surface area contributed by atoms with Crippen molar-refractivity contribution in [1.29, 1.82) is 0 Å². The number of likely N-dealkylation sites (tertiary alicyclic amines) is 1. The third kappa shape index (κ3) is 5.53. The summed E-state index contributed by atoms with van der Waals surface area (Å²) < 4.78 is 0. The summed E-state index contributed by atoms with van der Waals surface area (Å²) in [6.07, 6.45) is 1.39. The molecule has 0 saturated carbocycles. The van der Waals surface area contributed by atoms with Gasteiger partial charge in [-0.2, -0.15) is 0 Å². The van der Waals surface area contributed by atoms with E-state index in [1.54, 1.807) is 0 Å². The van der Waals surface area contributed by atoms with Crippen LogP contribution < -0.4 is 5.32 Å². The summed E-state index contributed by atoms with van der Waals surface area (Å²) in [4.78, 5) is 2.61. The van der Waals surface area contributed by atoms with Gasteiger partial charge in [-0.1, -0.05) is 13.8 Å². The van der Waals surface area contributed by atoms with Crippen LogP contribution in [-0.4, -0.2) is 36.6 Å². The molecule has 1 aliphatic heterocycles. The Hall–Kier alpha value is -0.0800. The molecule has 0 bridgehead atoms. The van der Waals surface area contributed by atoms with Crippen molar-refractivity contribution >= 4 is 0 Å². The van der Waals surface area contributed by atoms with Crippen molar-refractivity contribution in [2.75, 3.05) is 26.2 Å². The topological polar surface area (TPSA) is 15.3 Å². The highest BCUT2D eigenvalue weighted by Gasteiger charge is 2.20. The molecular weight excluding hydrogens is 184 g/mol. The summed E-state index contributed by atoms with van der Waals surface area (Å²) in [5.74, 6) is 1.67. The largest absolute Gasteiger partial charge is 0.312 e. The lowest BCUT2D eigenvalue weighted by molar-refractivity contribution is 0.263. The van der Waals surface area contributed by atoms with Crippen LogP contribution in [0.2, 0.25) is 0 Å². The molecule has 0 aromatic carbocycles. The Balaban J connectivity index is 2.16. The van der Waals surface area contributed by atoms with E-state index in [1.807, 2.05) is 0 Å². The summed E-state index contributed by atoms with van der Waals surface area (Å²) in [6.45, 7) is 16.4. The van der Waals surface area contributed by atoms with E-state index in [9.17, 15) is 0 Å². The van der Waals surface area contributed by atoms with Gasteiger partial charge in [0.1, 0.15) is 0 Å². The van der Waals surface area contributed by atoms with Gasteiger partial charge in [0.15, 0.2) is 0 Å². The maximum Gasteiger partial charge on any atom is 0.00966 e. The number of rotatable bonds is 4. The van der Waals surface area contributed by atoms with Gasteiger partial charge in [-0.25, -0.2) is 0 Å². The summed E-state index contributed by atoms with van der Waals surface area (Å²) in [5.41, 5.74) is 0.257. The van der Waals surface area contributed by atoms with E-state index in [0.29, 0.717) is 0 Å². The lowest BCUT2D eigenvalue weighted by atomic mass is 10.1. The van der Waals surface area contributed by atoms with Gasteiger partial charge in [0, 0.05) is 18.6 Å². The fourth-order valence-corrected chi connectivity index (χ4v) is 2.18. The van der Waals surface area contributed by atoms with E-state index in [1.165, 1.54) is 26.1 Å². The molecule has 90 valence electrons. The lowest BCUT2D eigenvalue weighted by Crippen LogP contribution is -2.41. The Kier molecular flexibility index (Phi) is 4.60. The molecule has 1 aliphatic rings. The molecule has 1 fully saturated rings. The second-order valence-electron chi connectivity index (χ2n) is 6.39. The van der Waals surface area contributed by atoms with Gasteiger partial charge in [0.05, 0.1) is 0 Å². The maximum absolute atomic E-state index is 3.58. The van der Waals surface area contributed by atoms with Crippen molar-refractivity contribution in [3.8, 4) is 0 Å². The van der Waals surface area contributed by atoms with Crippen LogP contribution in [0.15, 0.2) is 0 Å². The zero-order valence-electron chi connectivity index (χ0n) is 11.1. The zero-order valence-corrected chi connectivity index (χ0v) is 11.1. The second-order valence-corrected chi connectivity index (χ2v) is 6.39. The molecule has 0 aromatic rings. The highest BCUT2D eigenvalue weighted by Crippen LogP contribution is 2.16. The van der Waals surface area contributed by atoms with Gasteiger partial charge in [0.2, 0.25) is 0 Å². The van der Waals surface area contributed by atoms with Crippen LogP contribution in [0.5, 0.6) is 0 Å². The number of hydrogen-bond acceptors (Lipinski definition) is 2. The van der Waals surface area contributed by atoms with Gasteiger partial charge >= 0.3 is 0 Å². The first-order valence-corrected chi connectivity index (χ1v) is 6.34. The molecule has 2 nitrogen and oxygen atoms in total. The average Bonchev–Trinajstić information content (AvgIpc) is 2.47. The van der Waals surface area contributed by atoms with Crippen molar-refractivity contribution in [3.05, 3.63) is 0 Å². The first-order chi connectivity index (χ1) is 6.87. The molecule has 0 aromatic heterocycles. The number of hydrogen-bond donors (Lipinski definition) is 1. The zero-order chi connectivity index (χ0) is 11.5. The van der Waals surface area contributed by atoms with Crippen molar-refractivity contribution < 1.29 is 0 Å². The first-order valence-electron chi connectivity index (χ1n) is 6.34. The molecule has 2 atom stereocenters. The second kappa shape index (κ2) is 5.31. The summed E-state index contributed by atoms with van der Waals surface area (Å²) in [6, 6.07) is 0. The molecule has 1 N–H and O–H groups in total. The highest BCUT2D eigenvalue weighted by atomic mass is 15.1. The minimum Gasteiger partial charge on any atom is -0.312 e. The number of nitrogens with zero attached hydrogens (tertiary/aromatic N) is 1. The fraction of sp³-hybridized carbons (Fsp3) is 1.00. The quantitative estimate of drug-likeness (QED) is 0.769. The fourth-order valence-electron chi connectivity index (χ4n) is 2.18. The molecule has 0 radical (unpaired) electrons. The Bertz CT molecular complexity index is 183. The van der Waals surface area contributed by atoms with Crippen LogP contribution in [0.4, 0.5) is 0 Å². The standard InChI is InChI=1S/C13H28N2/c1-11-6-7-15(9-11)10-12(2)8-14-13(3,4)5/h11-12,14H,6-10H2,1-5H3. The first kappa shape index (κ1) is 13.0. The van der Waals surface area contributed by atoms with Crippen LogP contribution >= 0.6 is 0 Å². The Morgan fingerprint density at radius 1 is 1.40 bits per heavy atom. The van der Waals surface area contributed by atoms with Crippen LogP contribution in [0, 0.1) is 11.8 Å². The third-order valence-electron chi connectivity index (χ3n) is 3.06. The maximum atomic E-state index is 3.58. The van der Waals surface area contributed by atoms with Crippen LogP contribution in [-0.2, 0) is 0 Å². The van der Waals surface area contributed by atoms with Crippen LogP contribution in [0.25, 0.3) is 0 Å². The van der Waals surface area contributed by atoms with E-state index in [2.05, 4.69) is 44.8 Å². The Morgan fingerprint density at radius 2 is 2.07 bits per heavy atom. The van der Waals surface area contributed by atoms with Gasteiger partial charge in [-0.15, -0.1) is 0 Å². The minimum absolute atomic E-state index is 0.257. The average molecular weight is 212 g/mol. The van der Waals surface area contributed by atoms with Crippen LogP contribution in [0.3, 0.4) is 0 Å². The third-order valence-corrected chi connectivity index (χ3v) is 3.06. The van der Waals surface area contributed by atoms with E-state index in [4.69, 9.17) is 0 Å². The van der Waals surface area contributed by atoms with Crippen molar-refractivity contribution in [3.63, 3.8) is 0 Å². The van der Waals surface area contributed by atoms with E-state index in [0.717, 1.165) is 18.4 Å². The minimum atomic E-state index is 0.257. The lowest BCUT2D eigenvalue weighted by Gasteiger charge is -2.26. The smallest absolute Gasteiger partial charge is 0.00966 e. The van der Waals surface area contributed by atoms with Gasteiger partial charge in [-0.05, 0) is 52.1 Å². The molecule has 2 unspecified atom stereocenters. The Morgan fingerprint density at radius 3 is 2.53 bits per heavy atom. The van der Waals surface area contributed by atoms with E-state index >= 15 is 0 Å². The van der Waals surface area contributed by atoms with Crippen LogP contribution in [0.1, 0.15) is 41.0 Å². The van der Waals surface area contributed by atoms with Crippen molar-refractivity contribution in [2.45, 2.75) is 46.6 Å². The van der Waals surface area contributed by atoms with E-state index in [-0.39, 0.29) is 5.54 Å².